The van der Waals surface area contributed by atoms with E-state index in [1.807, 2.05) is 0 Å². The lowest BCUT2D eigenvalue weighted by molar-refractivity contribution is 0.104. The summed E-state index contributed by atoms with van der Waals surface area (Å²) in [6.07, 6.45) is 4.76. The quantitative estimate of drug-likeness (QED) is 0.661. The molecular formula is C15H15NOS. The molecule has 0 amide bonds. The molecule has 1 aromatic carbocycles. The highest BCUT2D eigenvalue weighted by atomic mass is 32.1. The number of benzene rings is 1. The summed E-state index contributed by atoms with van der Waals surface area (Å²) in [7, 11) is 0. The maximum atomic E-state index is 12.3. The van der Waals surface area contributed by atoms with Crippen molar-refractivity contribution in [2.45, 2.75) is 25.7 Å². The Hall–Kier alpha value is -1.61. The Bertz CT molecular complexity index is 560. The van der Waals surface area contributed by atoms with E-state index >= 15 is 0 Å². The van der Waals surface area contributed by atoms with Crippen molar-refractivity contribution in [3.05, 3.63) is 51.2 Å². The molecule has 0 aliphatic heterocycles. The zero-order chi connectivity index (χ0) is 12.5. The van der Waals surface area contributed by atoms with Gasteiger partial charge in [0.2, 0.25) is 5.78 Å². The Morgan fingerprint density at radius 3 is 2.56 bits per heavy atom. The zero-order valence-corrected chi connectivity index (χ0v) is 10.9. The maximum Gasteiger partial charge on any atom is 0.202 e. The summed E-state index contributed by atoms with van der Waals surface area (Å²) < 4.78 is 0. The first-order valence-electron chi connectivity index (χ1n) is 6.26. The third-order valence-electron chi connectivity index (χ3n) is 3.39. The third kappa shape index (κ3) is 2.06. The summed E-state index contributed by atoms with van der Waals surface area (Å²) in [6.45, 7) is 0. The second kappa shape index (κ2) is 4.58. The number of anilines is 1. The maximum absolute atomic E-state index is 12.3. The Morgan fingerprint density at radius 2 is 1.83 bits per heavy atom. The molecule has 2 nitrogen and oxygen atoms in total. The molecule has 0 atom stereocenters. The summed E-state index contributed by atoms with van der Waals surface area (Å²) in [5.74, 6) is 0.120. The Balaban J connectivity index is 1.92. The normalized spacial score (nSPS) is 14.2. The molecule has 1 aromatic heterocycles. The van der Waals surface area contributed by atoms with Crippen LogP contribution in [-0.2, 0) is 12.8 Å². The highest BCUT2D eigenvalue weighted by Gasteiger charge is 2.18. The number of rotatable bonds is 2. The smallest absolute Gasteiger partial charge is 0.202 e. The van der Waals surface area contributed by atoms with Crippen LogP contribution >= 0.6 is 11.3 Å². The molecule has 1 heterocycles. The Labute approximate surface area is 110 Å². The summed E-state index contributed by atoms with van der Waals surface area (Å²) >= 11 is 1.66. The van der Waals surface area contributed by atoms with Crippen molar-refractivity contribution in [3.8, 4) is 0 Å². The molecule has 3 rings (SSSR count). The predicted molar refractivity (Wildman–Crippen MR) is 75.2 cm³/mol. The summed E-state index contributed by atoms with van der Waals surface area (Å²) in [6, 6.07) is 9.24. The van der Waals surface area contributed by atoms with E-state index in [9.17, 15) is 4.79 Å². The lowest BCUT2D eigenvalue weighted by Gasteiger charge is -2.08. The van der Waals surface area contributed by atoms with E-state index in [1.54, 1.807) is 35.6 Å². The Kier molecular flexibility index (Phi) is 2.92. The van der Waals surface area contributed by atoms with Gasteiger partial charge in [-0.3, -0.25) is 4.79 Å². The van der Waals surface area contributed by atoms with E-state index in [4.69, 9.17) is 5.73 Å². The number of carbonyl (C=O) groups excluding carboxylic acids is 1. The number of aryl methyl sites for hydroxylation is 2. The number of nitrogen functional groups attached to an aromatic ring is 1. The summed E-state index contributed by atoms with van der Waals surface area (Å²) in [5, 5.41) is 0. The minimum absolute atomic E-state index is 0.120. The van der Waals surface area contributed by atoms with Crippen molar-refractivity contribution in [1.29, 1.82) is 0 Å². The number of hydrogen-bond donors (Lipinski definition) is 1. The lowest BCUT2D eigenvalue weighted by Crippen LogP contribution is -1.99. The van der Waals surface area contributed by atoms with E-state index in [2.05, 4.69) is 6.07 Å². The molecule has 92 valence electrons. The average Bonchev–Trinajstić information content (AvgIpc) is 2.82. The topological polar surface area (TPSA) is 43.1 Å². The minimum atomic E-state index is 0.120. The van der Waals surface area contributed by atoms with Crippen LogP contribution in [0.15, 0.2) is 30.3 Å². The van der Waals surface area contributed by atoms with Gasteiger partial charge in [0.05, 0.1) is 4.88 Å². The molecule has 2 N–H and O–H groups in total. The van der Waals surface area contributed by atoms with Crippen LogP contribution < -0.4 is 5.73 Å². The highest BCUT2D eigenvalue weighted by molar-refractivity contribution is 7.14. The third-order valence-corrected chi connectivity index (χ3v) is 4.63. The standard InChI is InChI=1S/C15H15NOS/c16-12-7-5-10(6-8-12)15(17)14-9-11-3-1-2-4-13(11)18-14/h5-9H,1-4,16H2. The largest absolute Gasteiger partial charge is 0.399 e. The molecule has 3 heteroatoms. The summed E-state index contributed by atoms with van der Waals surface area (Å²) in [5.41, 5.74) is 8.43. The summed E-state index contributed by atoms with van der Waals surface area (Å²) in [4.78, 5) is 14.6. The van der Waals surface area contributed by atoms with Gasteiger partial charge in [0, 0.05) is 16.1 Å². The first-order chi connectivity index (χ1) is 8.74. The van der Waals surface area contributed by atoms with Gasteiger partial charge < -0.3 is 5.73 Å². The van der Waals surface area contributed by atoms with Crippen LogP contribution in [0.5, 0.6) is 0 Å². The number of ketones is 1. The van der Waals surface area contributed by atoms with Gasteiger partial charge in [-0.05, 0) is 61.6 Å². The SMILES string of the molecule is Nc1ccc(C(=O)c2cc3c(s2)CCCC3)cc1. The number of nitrogens with two attached hydrogens (primary N) is 1. The predicted octanol–water partition coefficient (Wildman–Crippen LogP) is 3.44. The van der Waals surface area contributed by atoms with Gasteiger partial charge in [-0.1, -0.05) is 0 Å². The minimum Gasteiger partial charge on any atom is -0.399 e. The molecule has 0 bridgehead atoms. The van der Waals surface area contributed by atoms with Crippen molar-refractivity contribution in [3.63, 3.8) is 0 Å². The van der Waals surface area contributed by atoms with Crippen LogP contribution in [-0.4, -0.2) is 5.78 Å². The number of hydrogen-bond acceptors (Lipinski definition) is 3. The molecule has 1 aliphatic carbocycles. The van der Waals surface area contributed by atoms with Crippen molar-refractivity contribution in [1.82, 2.24) is 0 Å². The molecule has 0 fully saturated rings. The lowest BCUT2D eigenvalue weighted by atomic mass is 9.98. The van der Waals surface area contributed by atoms with Crippen LogP contribution in [0.25, 0.3) is 0 Å². The fourth-order valence-corrected chi connectivity index (χ4v) is 3.59. The monoisotopic (exact) mass is 257 g/mol. The van der Waals surface area contributed by atoms with Crippen molar-refractivity contribution in [2.75, 3.05) is 5.73 Å². The number of thiophene rings is 1. The van der Waals surface area contributed by atoms with Crippen molar-refractivity contribution >= 4 is 22.8 Å². The second-order valence-corrected chi connectivity index (χ2v) is 5.85. The zero-order valence-electron chi connectivity index (χ0n) is 10.1. The highest BCUT2D eigenvalue weighted by Crippen LogP contribution is 2.30. The molecule has 0 saturated carbocycles. The number of carbonyl (C=O) groups is 1. The van der Waals surface area contributed by atoms with Gasteiger partial charge in [-0.2, -0.15) is 0 Å². The first kappa shape index (κ1) is 11.5. The molecule has 0 unspecified atom stereocenters. The van der Waals surface area contributed by atoms with Gasteiger partial charge in [-0.15, -0.1) is 11.3 Å². The van der Waals surface area contributed by atoms with Gasteiger partial charge in [0.15, 0.2) is 0 Å². The fraction of sp³-hybridized carbons (Fsp3) is 0.267. The van der Waals surface area contributed by atoms with Crippen molar-refractivity contribution < 1.29 is 4.79 Å². The van der Waals surface area contributed by atoms with Crippen LogP contribution in [0.1, 0.15) is 38.5 Å². The van der Waals surface area contributed by atoms with E-state index in [-0.39, 0.29) is 5.78 Å². The van der Waals surface area contributed by atoms with Crippen LogP contribution in [0.4, 0.5) is 5.69 Å². The number of fused-ring (bicyclic) bond motifs is 1. The second-order valence-electron chi connectivity index (χ2n) is 4.72. The van der Waals surface area contributed by atoms with Crippen LogP contribution in [0.3, 0.4) is 0 Å². The first-order valence-corrected chi connectivity index (χ1v) is 7.07. The fourth-order valence-electron chi connectivity index (χ4n) is 2.38. The molecule has 0 spiro atoms. The van der Waals surface area contributed by atoms with Crippen LogP contribution in [0, 0.1) is 0 Å². The van der Waals surface area contributed by atoms with E-state index in [0.29, 0.717) is 5.69 Å². The van der Waals surface area contributed by atoms with E-state index in [0.717, 1.165) is 23.3 Å². The molecule has 18 heavy (non-hydrogen) atoms. The molecule has 2 aromatic rings. The average molecular weight is 257 g/mol. The van der Waals surface area contributed by atoms with Gasteiger partial charge in [0.1, 0.15) is 0 Å². The molecule has 1 aliphatic rings. The van der Waals surface area contributed by atoms with E-state index < -0.39 is 0 Å². The molecule has 0 saturated heterocycles. The van der Waals surface area contributed by atoms with Gasteiger partial charge in [-0.25, -0.2) is 0 Å². The van der Waals surface area contributed by atoms with Gasteiger partial charge >= 0.3 is 0 Å². The Morgan fingerprint density at radius 1 is 1.11 bits per heavy atom. The van der Waals surface area contributed by atoms with E-state index in [1.165, 1.54) is 23.3 Å². The molecule has 0 radical (unpaired) electrons. The van der Waals surface area contributed by atoms with Gasteiger partial charge in [0.25, 0.3) is 0 Å². The molecular weight excluding hydrogens is 242 g/mol. The van der Waals surface area contributed by atoms with Crippen LogP contribution in [0.2, 0.25) is 0 Å². The van der Waals surface area contributed by atoms with Crippen molar-refractivity contribution in [2.24, 2.45) is 0 Å².